The molecule has 0 spiro atoms. The van der Waals surface area contributed by atoms with Crippen molar-refractivity contribution in [2.75, 3.05) is 24.2 Å². The van der Waals surface area contributed by atoms with E-state index in [1.807, 2.05) is 58.0 Å². The molecule has 0 saturated heterocycles. The van der Waals surface area contributed by atoms with E-state index >= 15 is 0 Å². The molecular weight excluding hydrogens is 426 g/mol. The molecule has 0 unspecified atom stereocenters. The van der Waals surface area contributed by atoms with Crippen molar-refractivity contribution >= 4 is 27.5 Å². The number of amides is 2. The van der Waals surface area contributed by atoms with E-state index in [4.69, 9.17) is 0 Å². The van der Waals surface area contributed by atoms with Gasteiger partial charge in [-0.05, 0) is 56.0 Å². The lowest BCUT2D eigenvalue weighted by molar-refractivity contribution is -0.140. The maximum absolute atomic E-state index is 13.5. The molecule has 0 heterocycles. The molecule has 0 saturated carbocycles. The van der Waals surface area contributed by atoms with E-state index in [9.17, 15) is 18.0 Å². The van der Waals surface area contributed by atoms with Crippen molar-refractivity contribution in [3.05, 3.63) is 64.7 Å². The quantitative estimate of drug-likeness (QED) is 0.625. The second kappa shape index (κ2) is 10.6. The van der Waals surface area contributed by atoms with Crippen LogP contribution in [0.1, 0.15) is 35.6 Å². The van der Waals surface area contributed by atoms with Gasteiger partial charge in [-0.1, -0.05) is 42.8 Å². The molecule has 8 heteroatoms. The number of nitrogens with one attached hydrogen (secondary N) is 1. The van der Waals surface area contributed by atoms with Gasteiger partial charge in [-0.3, -0.25) is 13.9 Å². The van der Waals surface area contributed by atoms with E-state index in [2.05, 4.69) is 5.32 Å². The average molecular weight is 460 g/mol. The molecule has 2 amide bonds. The van der Waals surface area contributed by atoms with Crippen LogP contribution in [0.3, 0.4) is 0 Å². The van der Waals surface area contributed by atoms with Crippen LogP contribution in [0.15, 0.2) is 42.5 Å². The third-order valence-electron chi connectivity index (χ3n) is 5.24. The zero-order chi connectivity index (χ0) is 24.1. The summed E-state index contributed by atoms with van der Waals surface area (Å²) >= 11 is 0. The molecule has 1 atom stereocenters. The number of carbonyl (C=O) groups excluding carboxylic acids is 2. The van der Waals surface area contributed by atoms with Gasteiger partial charge in [-0.2, -0.15) is 0 Å². The van der Waals surface area contributed by atoms with Gasteiger partial charge in [0.25, 0.3) is 0 Å². The summed E-state index contributed by atoms with van der Waals surface area (Å²) in [5.74, 6) is -0.725. The standard InChI is InChI=1S/C24H33N3O4S/c1-7-22(24(29)25-5)26(15-20-10-8-9-17(2)12-20)23(28)16-27(32(6,30)31)21-13-18(3)11-19(4)14-21/h8-14,22H,7,15-16H2,1-6H3,(H,25,29)/t22-/m0/s1. The maximum atomic E-state index is 13.5. The molecular formula is C24H33N3O4S. The number of likely N-dealkylation sites (N-methyl/N-ethyl adjacent to an activating group) is 1. The first-order valence-electron chi connectivity index (χ1n) is 10.6. The van der Waals surface area contributed by atoms with Crippen LogP contribution >= 0.6 is 0 Å². The summed E-state index contributed by atoms with van der Waals surface area (Å²) in [6.45, 7) is 7.35. The lowest BCUT2D eigenvalue weighted by atomic mass is 10.1. The van der Waals surface area contributed by atoms with Crippen LogP contribution in [0.2, 0.25) is 0 Å². The Bertz CT molecular complexity index is 1060. The fraction of sp³-hybridized carbons (Fsp3) is 0.417. The van der Waals surface area contributed by atoms with Crippen LogP contribution in [0.5, 0.6) is 0 Å². The Morgan fingerprint density at radius 3 is 2.12 bits per heavy atom. The summed E-state index contributed by atoms with van der Waals surface area (Å²) < 4.78 is 26.3. The number of carbonyl (C=O) groups is 2. The van der Waals surface area contributed by atoms with Crippen molar-refractivity contribution in [2.45, 2.75) is 46.7 Å². The SMILES string of the molecule is CC[C@@H](C(=O)NC)N(Cc1cccc(C)c1)C(=O)CN(c1cc(C)cc(C)c1)S(C)(=O)=O. The largest absolute Gasteiger partial charge is 0.357 e. The van der Waals surface area contributed by atoms with Crippen molar-refractivity contribution in [1.82, 2.24) is 10.2 Å². The fourth-order valence-electron chi connectivity index (χ4n) is 3.80. The zero-order valence-electron chi connectivity index (χ0n) is 19.7. The minimum atomic E-state index is -3.73. The minimum absolute atomic E-state index is 0.205. The highest BCUT2D eigenvalue weighted by molar-refractivity contribution is 7.92. The first-order chi connectivity index (χ1) is 15.0. The lowest BCUT2D eigenvalue weighted by Gasteiger charge is -2.32. The molecule has 2 aromatic carbocycles. The van der Waals surface area contributed by atoms with E-state index in [1.165, 1.54) is 11.9 Å². The Kier molecular flexibility index (Phi) is 8.44. The van der Waals surface area contributed by atoms with Crippen molar-refractivity contribution in [3.8, 4) is 0 Å². The van der Waals surface area contributed by atoms with E-state index in [0.29, 0.717) is 12.1 Å². The molecule has 7 nitrogen and oxygen atoms in total. The fourth-order valence-corrected chi connectivity index (χ4v) is 4.63. The molecule has 1 N–H and O–H groups in total. The van der Waals surface area contributed by atoms with E-state index in [1.54, 1.807) is 12.1 Å². The molecule has 0 aromatic heterocycles. The highest BCUT2D eigenvalue weighted by Crippen LogP contribution is 2.22. The van der Waals surface area contributed by atoms with Crippen molar-refractivity contribution < 1.29 is 18.0 Å². The van der Waals surface area contributed by atoms with E-state index < -0.39 is 22.0 Å². The highest BCUT2D eigenvalue weighted by Gasteiger charge is 2.31. The number of sulfonamides is 1. The third kappa shape index (κ3) is 6.56. The van der Waals surface area contributed by atoms with Gasteiger partial charge in [-0.25, -0.2) is 8.42 Å². The molecule has 174 valence electrons. The van der Waals surface area contributed by atoms with Crippen molar-refractivity contribution in [2.24, 2.45) is 0 Å². The van der Waals surface area contributed by atoms with Gasteiger partial charge in [0.2, 0.25) is 21.8 Å². The van der Waals surface area contributed by atoms with Crippen molar-refractivity contribution in [3.63, 3.8) is 0 Å². The monoisotopic (exact) mass is 459 g/mol. The van der Waals surface area contributed by atoms with Gasteiger partial charge in [0.1, 0.15) is 12.6 Å². The van der Waals surface area contributed by atoms with Crippen LogP contribution in [0, 0.1) is 20.8 Å². The molecule has 0 aliphatic carbocycles. The van der Waals surface area contributed by atoms with E-state index in [0.717, 1.165) is 32.8 Å². The molecule has 0 fully saturated rings. The summed E-state index contributed by atoms with van der Waals surface area (Å²) in [6, 6.07) is 12.4. The molecule has 0 aliphatic heterocycles. The smallest absolute Gasteiger partial charge is 0.244 e. The summed E-state index contributed by atoms with van der Waals surface area (Å²) in [7, 11) is -2.21. The Morgan fingerprint density at radius 1 is 1.00 bits per heavy atom. The number of rotatable bonds is 9. The second-order valence-corrected chi connectivity index (χ2v) is 10.1. The number of nitrogens with zero attached hydrogens (tertiary/aromatic N) is 2. The first kappa shape index (κ1) is 25.4. The van der Waals surface area contributed by atoms with Crippen LogP contribution in [-0.4, -0.2) is 51.0 Å². The summed E-state index contributed by atoms with van der Waals surface area (Å²) in [6.07, 6.45) is 1.48. The van der Waals surface area contributed by atoms with E-state index in [-0.39, 0.29) is 19.0 Å². The average Bonchev–Trinajstić information content (AvgIpc) is 2.69. The van der Waals surface area contributed by atoms with Gasteiger partial charge in [0, 0.05) is 13.6 Å². The zero-order valence-corrected chi connectivity index (χ0v) is 20.5. The maximum Gasteiger partial charge on any atom is 0.244 e. The molecule has 0 aliphatic rings. The number of hydrogen-bond donors (Lipinski definition) is 1. The number of hydrogen-bond acceptors (Lipinski definition) is 4. The molecule has 32 heavy (non-hydrogen) atoms. The lowest BCUT2D eigenvalue weighted by Crippen LogP contribution is -2.51. The number of benzene rings is 2. The topological polar surface area (TPSA) is 86.8 Å². The predicted molar refractivity (Wildman–Crippen MR) is 128 cm³/mol. The molecule has 0 radical (unpaired) electrons. The molecule has 0 bridgehead atoms. The minimum Gasteiger partial charge on any atom is -0.357 e. The summed E-state index contributed by atoms with van der Waals surface area (Å²) in [5, 5.41) is 2.61. The normalized spacial score (nSPS) is 12.2. The van der Waals surface area contributed by atoms with Gasteiger partial charge in [0.15, 0.2) is 0 Å². The predicted octanol–water partition coefficient (Wildman–Crippen LogP) is 2.93. The summed E-state index contributed by atoms with van der Waals surface area (Å²) in [5.41, 5.74) is 4.14. The Labute approximate surface area is 191 Å². The Balaban J connectivity index is 2.46. The highest BCUT2D eigenvalue weighted by atomic mass is 32.2. The Morgan fingerprint density at radius 2 is 1.62 bits per heavy atom. The first-order valence-corrected chi connectivity index (χ1v) is 12.4. The Hall–Kier alpha value is -2.87. The van der Waals surface area contributed by atoms with Crippen LogP contribution in [0.25, 0.3) is 0 Å². The summed E-state index contributed by atoms with van der Waals surface area (Å²) in [4.78, 5) is 27.5. The van der Waals surface area contributed by atoms with Crippen molar-refractivity contribution in [1.29, 1.82) is 0 Å². The van der Waals surface area contributed by atoms with Gasteiger partial charge in [-0.15, -0.1) is 0 Å². The number of anilines is 1. The number of aryl methyl sites for hydroxylation is 3. The van der Waals surface area contributed by atoms with Gasteiger partial charge >= 0.3 is 0 Å². The molecule has 2 rings (SSSR count). The molecule has 2 aromatic rings. The van der Waals surface area contributed by atoms with Crippen LogP contribution < -0.4 is 9.62 Å². The second-order valence-electron chi connectivity index (χ2n) is 8.16. The van der Waals surface area contributed by atoms with Crippen LogP contribution in [-0.2, 0) is 26.2 Å². The van der Waals surface area contributed by atoms with Gasteiger partial charge < -0.3 is 10.2 Å². The van der Waals surface area contributed by atoms with Gasteiger partial charge in [0.05, 0.1) is 11.9 Å². The van der Waals surface area contributed by atoms with Crippen LogP contribution in [0.4, 0.5) is 5.69 Å². The third-order valence-corrected chi connectivity index (χ3v) is 6.38.